The van der Waals surface area contributed by atoms with E-state index in [4.69, 9.17) is 23.2 Å². The summed E-state index contributed by atoms with van der Waals surface area (Å²) in [5.41, 5.74) is 3.72. The van der Waals surface area contributed by atoms with Crippen molar-refractivity contribution in [2.75, 3.05) is 4.90 Å². The Balaban J connectivity index is 1.50. The first-order chi connectivity index (χ1) is 16.9. The van der Waals surface area contributed by atoms with Crippen LogP contribution in [0.15, 0.2) is 72.9 Å². The van der Waals surface area contributed by atoms with Gasteiger partial charge in [-0.25, -0.2) is 4.90 Å². The summed E-state index contributed by atoms with van der Waals surface area (Å²) in [5.74, 6) is -2.51. The molecule has 4 atom stereocenters. The highest BCUT2D eigenvalue weighted by molar-refractivity contribution is 6.37. The van der Waals surface area contributed by atoms with Gasteiger partial charge in [0.1, 0.15) is 6.04 Å². The molecular formula is C28H20Cl2N2O3. The van der Waals surface area contributed by atoms with Gasteiger partial charge in [-0.3, -0.25) is 14.4 Å². The number of carbonyl (C=O) groups is 3. The van der Waals surface area contributed by atoms with Crippen LogP contribution in [-0.4, -0.2) is 28.5 Å². The Hall–Kier alpha value is -3.41. The third-order valence-electron chi connectivity index (χ3n) is 7.22. The highest BCUT2D eigenvalue weighted by atomic mass is 35.5. The number of hydrogen-bond donors (Lipinski definition) is 0. The number of carbonyl (C=O) groups excluding carboxylic acids is 3. The molecule has 2 amide bonds. The molecule has 0 aliphatic carbocycles. The van der Waals surface area contributed by atoms with Crippen LogP contribution in [0.4, 0.5) is 5.69 Å². The van der Waals surface area contributed by atoms with E-state index in [2.05, 4.69) is 0 Å². The zero-order valence-electron chi connectivity index (χ0n) is 18.7. The Morgan fingerprint density at radius 3 is 2.34 bits per heavy atom. The fraction of sp³-hybridized carbons (Fsp3) is 0.179. The second kappa shape index (κ2) is 8.08. The molecule has 3 aliphatic rings. The van der Waals surface area contributed by atoms with E-state index in [0.29, 0.717) is 10.7 Å². The Kier molecular flexibility index (Phi) is 5.09. The molecule has 3 aromatic carbocycles. The van der Waals surface area contributed by atoms with Crippen molar-refractivity contribution in [1.82, 2.24) is 4.90 Å². The number of nitrogens with zero attached hydrogens (tertiary/aromatic N) is 2. The maximum Gasteiger partial charge on any atom is 0.240 e. The molecule has 2 fully saturated rings. The summed E-state index contributed by atoms with van der Waals surface area (Å²) >= 11 is 12.5. The van der Waals surface area contributed by atoms with Crippen molar-refractivity contribution in [3.05, 3.63) is 105 Å². The van der Waals surface area contributed by atoms with Crippen molar-refractivity contribution in [1.29, 1.82) is 0 Å². The maximum absolute atomic E-state index is 13.9. The van der Waals surface area contributed by atoms with Gasteiger partial charge in [0, 0.05) is 16.8 Å². The summed E-state index contributed by atoms with van der Waals surface area (Å²) in [4.78, 5) is 44.8. The first-order valence-electron chi connectivity index (χ1n) is 11.3. The molecular weight excluding hydrogens is 483 g/mol. The molecule has 0 N–H and O–H groups in total. The van der Waals surface area contributed by atoms with Crippen molar-refractivity contribution >= 4 is 52.6 Å². The lowest BCUT2D eigenvalue weighted by Gasteiger charge is -2.35. The number of hydrogen-bond acceptors (Lipinski definition) is 4. The summed E-state index contributed by atoms with van der Waals surface area (Å²) in [6.07, 6.45) is 3.75. The van der Waals surface area contributed by atoms with Gasteiger partial charge in [-0.05, 0) is 54.5 Å². The summed E-state index contributed by atoms with van der Waals surface area (Å²) in [7, 11) is 0. The van der Waals surface area contributed by atoms with E-state index in [1.807, 2.05) is 60.5 Å². The van der Waals surface area contributed by atoms with E-state index in [1.165, 1.54) is 11.0 Å². The molecule has 5 nitrogen and oxygen atoms in total. The second-order valence-corrected chi connectivity index (χ2v) is 10.0. The van der Waals surface area contributed by atoms with Crippen LogP contribution in [0.25, 0.3) is 6.08 Å². The number of anilines is 1. The standard InChI is InChI=1S/C28H20Cl2N2O3/c1-15-6-9-18(10-7-15)32-27(34)22-23(28(32)35)25(26(33)20-11-8-17(29)14-21(20)30)31-13-12-16-4-2-3-5-19(16)24(22)31/h2-14,22-25H,1H3/t22-,23-,24-,25+/m1/s1. The van der Waals surface area contributed by atoms with Gasteiger partial charge >= 0.3 is 0 Å². The van der Waals surface area contributed by atoms with Crippen LogP contribution in [0.2, 0.25) is 10.0 Å². The molecule has 3 aliphatic heterocycles. The van der Waals surface area contributed by atoms with Gasteiger partial charge < -0.3 is 4.90 Å². The smallest absolute Gasteiger partial charge is 0.240 e. The molecule has 0 aromatic heterocycles. The summed E-state index contributed by atoms with van der Waals surface area (Å²) in [5, 5.41) is 0.634. The van der Waals surface area contributed by atoms with Crippen LogP contribution in [0.5, 0.6) is 0 Å². The molecule has 0 unspecified atom stereocenters. The average molecular weight is 503 g/mol. The third kappa shape index (κ3) is 3.26. The number of amides is 2. The minimum absolute atomic E-state index is 0.219. The maximum atomic E-state index is 13.9. The van der Waals surface area contributed by atoms with Gasteiger partial charge in [0.2, 0.25) is 11.8 Å². The molecule has 7 heteroatoms. The average Bonchev–Trinajstić information content (AvgIpc) is 3.32. The lowest BCUT2D eigenvalue weighted by molar-refractivity contribution is -0.123. The van der Waals surface area contributed by atoms with Crippen LogP contribution >= 0.6 is 23.2 Å². The monoisotopic (exact) mass is 502 g/mol. The van der Waals surface area contributed by atoms with Gasteiger partial charge in [-0.15, -0.1) is 0 Å². The van der Waals surface area contributed by atoms with Crippen LogP contribution in [0.3, 0.4) is 0 Å². The van der Waals surface area contributed by atoms with Gasteiger partial charge in [-0.1, -0.05) is 65.2 Å². The third-order valence-corrected chi connectivity index (χ3v) is 7.77. The fourth-order valence-electron chi connectivity index (χ4n) is 5.65. The Labute approximate surface area is 212 Å². The van der Waals surface area contributed by atoms with Crippen LogP contribution < -0.4 is 4.90 Å². The van der Waals surface area contributed by atoms with Gasteiger partial charge in [0.05, 0.1) is 28.6 Å². The van der Waals surface area contributed by atoms with Crippen LogP contribution in [-0.2, 0) is 9.59 Å². The number of rotatable bonds is 3. The zero-order chi connectivity index (χ0) is 24.4. The number of fused-ring (bicyclic) bond motifs is 5. The molecule has 0 bridgehead atoms. The van der Waals surface area contributed by atoms with Crippen LogP contribution in [0.1, 0.15) is 33.1 Å². The normalized spacial score (nSPS) is 24.4. The molecule has 0 radical (unpaired) electrons. The number of imide groups is 1. The van der Waals surface area contributed by atoms with Crippen LogP contribution in [0, 0.1) is 18.8 Å². The van der Waals surface area contributed by atoms with Crippen molar-refractivity contribution in [3.63, 3.8) is 0 Å². The number of Topliss-reactive ketones (excluding diaryl/α,β-unsaturated/α-hetero) is 1. The Bertz CT molecular complexity index is 1430. The summed E-state index contributed by atoms with van der Waals surface area (Å²) in [6, 6.07) is 18.4. The number of halogens is 2. The predicted molar refractivity (Wildman–Crippen MR) is 135 cm³/mol. The Morgan fingerprint density at radius 1 is 0.886 bits per heavy atom. The number of benzene rings is 3. The number of ketones is 1. The van der Waals surface area contributed by atoms with Gasteiger partial charge in [0.15, 0.2) is 5.78 Å². The second-order valence-electron chi connectivity index (χ2n) is 9.17. The highest BCUT2D eigenvalue weighted by Crippen LogP contribution is 2.53. The van der Waals surface area contributed by atoms with E-state index in [1.54, 1.807) is 24.3 Å². The van der Waals surface area contributed by atoms with Gasteiger partial charge in [0.25, 0.3) is 0 Å². The van der Waals surface area contributed by atoms with E-state index >= 15 is 0 Å². The summed E-state index contributed by atoms with van der Waals surface area (Å²) < 4.78 is 0. The molecule has 2 saturated heterocycles. The van der Waals surface area contributed by atoms with E-state index < -0.39 is 23.9 Å². The lowest BCUT2D eigenvalue weighted by atomic mass is 9.83. The molecule has 0 spiro atoms. The minimum Gasteiger partial charge on any atom is -0.358 e. The highest BCUT2D eigenvalue weighted by Gasteiger charge is 2.64. The number of aryl methyl sites for hydroxylation is 1. The van der Waals surface area contributed by atoms with Crippen molar-refractivity contribution < 1.29 is 14.4 Å². The van der Waals surface area contributed by atoms with Crippen molar-refractivity contribution in [2.24, 2.45) is 11.8 Å². The SMILES string of the molecule is Cc1ccc(N2C(=O)[C@@H]3[C@@H](C2=O)[C@H]2c4ccccc4C=CN2[C@@H]3C(=O)c2ccc(Cl)cc2Cl)cc1. The van der Waals surface area contributed by atoms with Gasteiger partial charge in [-0.2, -0.15) is 0 Å². The van der Waals surface area contributed by atoms with Crippen molar-refractivity contribution in [2.45, 2.75) is 19.0 Å². The minimum atomic E-state index is -0.875. The largest absolute Gasteiger partial charge is 0.358 e. The molecule has 35 heavy (non-hydrogen) atoms. The summed E-state index contributed by atoms with van der Waals surface area (Å²) in [6.45, 7) is 1.94. The van der Waals surface area contributed by atoms with E-state index in [-0.39, 0.29) is 28.2 Å². The fourth-order valence-corrected chi connectivity index (χ4v) is 6.16. The Morgan fingerprint density at radius 2 is 1.60 bits per heavy atom. The molecule has 3 heterocycles. The topological polar surface area (TPSA) is 57.7 Å². The first-order valence-corrected chi connectivity index (χ1v) is 12.1. The molecule has 0 saturated carbocycles. The molecule has 6 rings (SSSR count). The first kappa shape index (κ1) is 22.1. The van der Waals surface area contributed by atoms with E-state index in [9.17, 15) is 14.4 Å². The van der Waals surface area contributed by atoms with E-state index in [0.717, 1.165) is 16.7 Å². The lowest BCUT2D eigenvalue weighted by Crippen LogP contribution is -2.44. The molecule has 174 valence electrons. The quantitative estimate of drug-likeness (QED) is 0.340. The molecule has 3 aromatic rings. The van der Waals surface area contributed by atoms with Crippen molar-refractivity contribution in [3.8, 4) is 0 Å². The zero-order valence-corrected chi connectivity index (χ0v) is 20.2. The predicted octanol–water partition coefficient (Wildman–Crippen LogP) is 5.70.